The van der Waals surface area contributed by atoms with Gasteiger partial charge < -0.3 is 10.3 Å². The number of fused-ring (bicyclic) bond motifs is 1. The van der Waals surface area contributed by atoms with Crippen molar-refractivity contribution in [3.63, 3.8) is 0 Å². The quantitative estimate of drug-likeness (QED) is 0.669. The number of benzene rings is 1. The highest BCUT2D eigenvalue weighted by molar-refractivity contribution is 7.80. The van der Waals surface area contributed by atoms with Crippen LogP contribution in [-0.2, 0) is 4.79 Å². The highest BCUT2D eigenvalue weighted by Crippen LogP contribution is 2.21. The molecule has 2 N–H and O–H groups in total. The number of anilines is 1. The lowest BCUT2D eigenvalue weighted by Crippen LogP contribution is -2.08. The van der Waals surface area contributed by atoms with Crippen LogP contribution in [0.4, 0.5) is 5.69 Å². The Morgan fingerprint density at radius 2 is 2.27 bits per heavy atom. The van der Waals surface area contributed by atoms with Gasteiger partial charge in [-0.25, -0.2) is 0 Å². The number of carbonyl (C=O) groups excluding carboxylic acids is 1. The lowest BCUT2D eigenvalue weighted by Gasteiger charge is -2.02. The molecule has 0 saturated carbocycles. The average Bonchev–Trinajstić information content (AvgIpc) is 2.57. The minimum Gasteiger partial charge on any atom is -0.350 e. The number of aromatic amines is 1. The van der Waals surface area contributed by atoms with Gasteiger partial charge in [0, 0.05) is 23.0 Å². The molecule has 1 heterocycles. The van der Waals surface area contributed by atoms with Gasteiger partial charge in [0.05, 0.1) is 5.03 Å². The fraction of sp³-hybridized carbons (Fsp3) is 0.182. The lowest BCUT2D eigenvalue weighted by atomic mass is 10.2. The average molecular weight is 220 g/mol. The molecule has 0 fully saturated rings. The summed E-state index contributed by atoms with van der Waals surface area (Å²) in [6.07, 6.45) is 0.487. The molecule has 0 aliphatic carbocycles. The second-order valence-corrected chi connectivity index (χ2v) is 3.84. The summed E-state index contributed by atoms with van der Waals surface area (Å²) in [7, 11) is 0. The van der Waals surface area contributed by atoms with Crippen LogP contribution in [0.15, 0.2) is 29.3 Å². The molecule has 78 valence electrons. The van der Waals surface area contributed by atoms with Gasteiger partial charge >= 0.3 is 0 Å². The van der Waals surface area contributed by atoms with Gasteiger partial charge in [-0.3, -0.25) is 4.79 Å². The highest BCUT2D eigenvalue weighted by atomic mass is 32.1. The van der Waals surface area contributed by atoms with E-state index in [0.29, 0.717) is 6.42 Å². The molecule has 15 heavy (non-hydrogen) atoms. The fourth-order valence-electron chi connectivity index (χ4n) is 1.44. The molecule has 0 aliphatic rings. The Bertz CT molecular complexity index is 504. The molecule has 0 saturated heterocycles. The van der Waals surface area contributed by atoms with Crippen molar-refractivity contribution in [2.75, 3.05) is 5.32 Å². The Labute approximate surface area is 93.3 Å². The zero-order valence-electron chi connectivity index (χ0n) is 8.37. The van der Waals surface area contributed by atoms with E-state index in [0.717, 1.165) is 21.6 Å². The predicted molar refractivity (Wildman–Crippen MR) is 64.5 cm³/mol. The van der Waals surface area contributed by atoms with E-state index in [9.17, 15) is 4.79 Å². The minimum atomic E-state index is 0.0204. The van der Waals surface area contributed by atoms with Gasteiger partial charge in [0.2, 0.25) is 5.91 Å². The number of amides is 1. The Morgan fingerprint density at radius 3 is 3.00 bits per heavy atom. The van der Waals surface area contributed by atoms with Crippen LogP contribution in [0, 0.1) is 0 Å². The first-order valence-electron chi connectivity index (χ1n) is 4.80. The zero-order valence-corrected chi connectivity index (χ0v) is 9.27. The third-order valence-corrected chi connectivity index (χ3v) is 2.45. The summed E-state index contributed by atoms with van der Waals surface area (Å²) in [6.45, 7) is 1.83. The van der Waals surface area contributed by atoms with Crippen LogP contribution in [0.5, 0.6) is 0 Å². The molecular formula is C11H12N2OS. The summed E-state index contributed by atoms with van der Waals surface area (Å²) < 4.78 is 0. The van der Waals surface area contributed by atoms with Crippen molar-refractivity contribution in [3.05, 3.63) is 24.3 Å². The zero-order chi connectivity index (χ0) is 10.8. The van der Waals surface area contributed by atoms with Crippen LogP contribution in [0.1, 0.15) is 13.3 Å². The monoisotopic (exact) mass is 220 g/mol. The van der Waals surface area contributed by atoms with Crippen molar-refractivity contribution in [1.29, 1.82) is 0 Å². The summed E-state index contributed by atoms with van der Waals surface area (Å²) in [5, 5.41) is 4.72. The second kappa shape index (κ2) is 3.98. The first-order valence-corrected chi connectivity index (χ1v) is 5.25. The molecule has 0 unspecified atom stereocenters. The van der Waals surface area contributed by atoms with Crippen LogP contribution in [0.3, 0.4) is 0 Å². The van der Waals surface area contributed by atoms with E-state index in [1.165, 1.54) is 0 Å². The topological polar surface area (TPSA) is 44.9 Å². The first-order chi connectivity index (χ1) is 7.19. The first kappa shape index (κ1) is 10.1. The smallest absolute Gasteiger partial charge is 0.224 e. The maximum absolute atomic E-state index is 11.2. The van der Waals surface area contributed by atoms with Crippen molar-refractivity contribution in [2.45, 2.75) is 18.4 Å². The number of rotatable bonds is 2. The van der Waals surface area contributed by atoms with Gasteiger partial charge in [0.25, 0.3) is 0 Å². The van der Waals surface area contributed by atoms with Crippen LogP contribution < -0.4 is 5.32 Å². The summed E-state index contributed by atoms with van der Waals surface area (Å²) in [5.74, 6) is 0.0204. The maximum Gasteiger partial charge on any atom is 0.224 e. The van der Waals surface area contributed by atoms with Gasteiger partial charge in [-0.1, -0.05) is 13.0 Å². The van der Waals surface area contributed by atoms with Crippen molar-refractivity contribution >= 4 is 35.1 Å². The van der Waals surface area contributed by atoms with E-state index >= 15 is 0 Å². The number of nitrogens with one attached hydrogen (secondary N) is 2. The van der Waals surface area contributed by atoms with Crippen LogP contribution in [0.2, 0.25) is 0 Å². The molecule has 2 aromatic rings. The molecule has 0 spiro atoms. The van der Waals surface area contributed by atoms with E-state index in [1.807, 2.05) is 31.2 Å². The molecule has 4 heteroatoms. The van der Waals surface area contributed by atoms with Crippen molar-refractivity contribution in [3.8, 4) is 0 Å². The Morgan fingerprint density at radius 1 is 1.47 bits per heavy atom. The third-order valence-electron chi connectivity index (χ3n) is 2.21. The summed E-state index contributed by atoms with van der Waals surface area (Å²) in [6, 6.07) is 7.69. The number of hydrogen-bond acceptors (Lipinski definition) is 2. The van der Waals surface area contributed by atoms with Crippen LogP contribution in [-0.4, -0.2) is 10.9 Å². The standard InChI is InChI=1S/C11H12N2OS/c1-2-10(14)12-8-4-3-7-5-11(15)13-9(7)6-8/h3-6,13,15H,2H2,1H3,(H,12,14). The molecule has 0 bridgehead atoms. The molecule has 0 radical (unpaired) electrons. The Balaban J connectivity index is 2.33. The summed E-state index contributed by atoms with van der Waals surface area (Å²) in [4.78, 5) is 14.3. The van der Waals surface area contributed by atoms with E-state index < -0.39 is 0 Å². The SMILES string of the molecule is CCC(=O)Nc1ccc2cc(S)[nH]c2c1. The minimum absolute atomic E-state index is 0.0204. The predicted octanol–water partition coefficient (Wildman–Crippen LogP) is 2.81. The molecule has 0 aliphatic heterocycles. The van der Waals surface area contributed by atoms with E-state index in [-0.39, 0.29) is 5.91 Å². The molecule has 2 rings (SSSR count). The maximum atomic E-state index is 11.2. The molecule has 1 aromatic carbocycles. The van der Waals surface area contributed by atoms with Crippen molar-refractivity contribution < 1.29 is 4.79 Å². The largest absolute Gasteiger partial charge is 0.350 e. The van der Waals surface area contributed by atoms with Crippen molar-refractivity contribution in [2.24, 2.45) is 0 Å². The molecule has 1 aromatic heterocycles. The van der Waals surface area contributed by atoms with Gasteiger partial charge in [-0.2, -0.15) is 0 Å². The lowest BCUT2D eigenvalue weighted by molar-refractivity contribution is -0.115. The van der Waals surface area contributed by atoms with E-state index in [1.54, 1.807) is 0 Å². The van der Waals surface area contributed by atoms with Crippen LogP contribution >= 0.6 is 12.6 Å². The second-order valence-electron chi connectivity index (χ2n) is 3.36. The van der Waals surface area contributed by atoms with E-state index in [4.69, 9.17) is 0 Å². The number of thiol groups is 1. The number of hydrogen-bond donors (Lipinski definition) is 3. The number of aromatic nitrogens is 1. The summed E-state index contributed by atoms with van der Waals surface area (Å²) in [5.41, 5.74) is 1.79. The molecular weight excluding hydrogens is 208 g/mol. The van der Waals surface area contributed by atoms with Crippen LogP contribution in [0.25, 0.3) is 10.9 Å². The van der Waals surface area contributed by atoms with Gasteiger partial charge in [-0.15, -0.1) is 12.6 Å². The number of carbonyl (C=O) groups is 1. The van der Waals surface area contributed by atoms with Gasteiger partial charge in [0.1, 0.15) is 0 Å². The normalized spacial score (nSPS) is 10.5. The highest BCUT2D eigenvalue weighted by Gasteiger charge is 2.02. The molecule has 1 amide bonds. The van der Waals surface area contributed by atoms with E-state index in [2.05, 4.69) is 22.9 Å². The third kappa shape index (κ3) is 2.15. The molecule has 0 atom stereocenters. The van der Waals surface area contributed by atoms with Gasteiger partial charge in [-0.05, 0) is 18.2 Å². The molecule has 3 nitrogen and oxygen atoms in total. The Hall–Kier alpha value is -1.42. The Kier molecular flexibility index (Phi) is 2.68. The summed E-state index contributed by atoms with van der Waals surface area (Å²) >= 11 is 4.22. The van der Waals surface area contributed by atoms with Gasteiger partial charge in [0.15, 0.2) is 0 Å². The fourth-order valence-corrected chi connectivity index (χ4v) is 1.70. The van der Waals surface area contributed by atoms with Crippen molar-refractivity contribution in [1.82, 2.24) is 4.98 Å². The number of H-pyrrole nitrogens is 1.